The van der Waals surface area contributed by atoms with Gasteiger partial charge >= 0.3 is 5.97 Å². The van der Waals surface area contributed by atoms with E-state index in [1.807, 2.05) is 26.8 Å². The molecule has 3 N–H and O–H groups in total. The van der Waals surface area contributed by atoms with Gasteiger partial charge in [0.05, 0.1) is 17.1 Å². The van der Waals surface area contributed by atoms with Gasteiger partial charge in [-0.15, -0.1) is 0 Å². The Morgan fingerprint density at radius 3 is 2.49 bits per heavy atom. The van der Waals surface area contributed by atoms with E-state index in [1.165, 1.54) is 0 Å². The SMILES string of the molecule is CC1=C(C)C(=O)O[C@H]([C@](C)(O)[C@]2(O)CC[C@@]3(O)[C@@H]4C[C@H]5O[C@]56CC=CC(=O)[C@]6(C)[C@H]4CC[C@]23C)C1. The van der Waals surface area contributed by atoms with Crippen LogP contribution in [-0.2, 0) is 19.1 Å². The first kappa shape index (κ1) is 23.8. The van der Waals surface area contributed by atoms with Crippen LogP contribution >= 0.6 is 0 Å². The van der Waals surface area contributed by atoms with Crippen molar-refractivity contribution in [2.45, 2.75) is 114 Å². The van der Waals surface area contributed by atoms with Gasteiger partial charge < -0.3 is 24.8 Å². The zero-order chi connectivity index (χ0) is 25.4. The maximum Gasteiger partial charge on any atom is 0.334 e. The summed E-state index contributed by atoms with van der Waals surface area (Å²) in [5.74, 6) is -0.703. The predicted octanol–water partition coefficient (Wildman–Crippen LogP) is 2.75. The van der Waals surface area contributed by atoms with Crippen molar-refractivity contribution in [1.82, 2.24) is 0 Å². The average Bonchev–Trinajstić information content (AvgIpc) is 3.46. The van der Waals surface area contributed by atoms with Crippen LogP contribution in [-0.4, -0.2) is 61.7 Å². The molecular formula is C28H38O7. The topological polar surface area (TPSA) is 117 Å². The van der Waals surface area contributed by atoms with Crippen molar-refractivity contribution in [2.75, 3.05) is 0 Å². The van der Waals surface area contributed by atoms with Gasteiger partial charge in [-0.25, -0.2) is 4.79 Å². The van der Waals surface area contributed by atoms with Crippen LogP contribution in [0.3, 0.4) is 0 Å². The summed E-state index contributed by atoms with van der Waals surface area (Å²) in [6.07, 6.45) is 5.91. The number of ether oxygens (including phenoxy) is 2. The van der Waals surface area contributed by atoms with Crippen molar-refractivity contribution in [1.29, 1.82) is 0 Å². The molecule has 6 aliphatic rings. The van der Waals surface area contributed by atoms with Crippen molar-refractivity contribution in [2.24, 2.45) is 22.7 Å². The number of rotatable bonds is 2. The molecule has 0 bridgehead atoms. The van der Waals surface area contributed by atoms with Crippen LogP contribution in [0.4, 0.5) is 0 Å². The molecule has 192 valence electrons. The van der Waals surface area contributed by atoms with Gasteiger partial charge in [0.1, 0.15) is 22.9 Å². The van der Waals surface area contributed by atoms with E-state index >= 15 is 0 Å². The maximum atomic E-state index is 13.3. The molecular weight excluding hydrogens is 448 g/mol. The van der Waals surface area contributed by atoms with Gasteiger partial charge in [-0.2, -0.15) is 0 Å². The third-order valence-corrected chi connectivity index (χ3v) is 12.0. The minimum Gasteiger partial charge on any atom is -0.455 e. The van der Waals surface area contributed by atoms with Gasteiger partial charge in [0, 0.05) is 17.4 Å². The van der Waals surface area contributed by atoms with Crippen LogP contribution < -0.4 is 0 Å². The predicted molar refractivity (Wildman–Crippen MR) is 126 cm³/mol. The van der Waals surface area contributed by atoms with Crippen LogP contribution in [0.15, 0.2) is 23.3 Å². The molecule has 7 heteroatoms. The second-order valence-electron chi connectivity index (χ2n) is 12.9. The molecule has 0 radical (unpaired) electrons. The van der Waals surface area contributed by atoms with E-state index in [1.54, 1.807) is 19.9 Å². The highest BCUT2D eigenvalue weighted by Gasteiger charge is 2.82. The molecule has 35 heavy (non-hydrogen) atoms. The van der Waals surface area contributed by atoms with E-state index in [0.29, 0.717) is 37.7 Å². The molecule has 4 aliphatic carbocycles. The average molecular weight is 487 g/mol. The van der Waals surface area contributed by atoms with Crippen molar-refractivity contribution in [3.8, 4) is 0 Å². The number of aliphatic hydroxyl groups is 3. The highest BCUT2D eigenvalue weighted by Crippen LogP contribution is 2.75. The third-order valence-electron chi connectivity index (χ3n) is 12.0. The largest absolute Gasteiger partial charge is 0.455 e. The number of epoxide rings is 1. The van der Waals surface area contributed by atoms with E-state index < -0.39 is 45.3 Å². The fraction of sp³-hybridized carbons (Fsp3) is 0.786. The zero-order valence-electron chi connectivity index (χ0n) is 21.4. The Morgan fingerprint density at radius 1 is 1.09 bits per heavy atom. The van der Waals surface area contributed by atoms with Gasteiger partial charge in [-0.3, -0.25) is 4.79 Å². The van der Waals surface area contributed by atoms with E-state index in [2.05, 4.69) is 0 Å². The van der Waals surface area contributed by atoms with E-state index in [-0.39, 0.29) is 30.1 Å². The van der Waals surface area contributed by atoms with Gasteiger partial charge in [-0.05, 0) is 84.1 Å². The molecule has 0 aromatic rings. The number of ketones is 1. The molecule has 2 heterocycles. The standard InChI is InChI=1S/C28H38O7/c1-15-13-20(34-22(30)16(15)2)25(5,31)28(33)12-11-26(32)18-14-21-27(35-21)9-6-7-19(29)24(27,4)17(18)8-10-23(26,28)3/h6-7,17-18,20-21,31-33H,8-14H2,1-5H3/t17-,18+,20-,21+,23-,24-,25-,26+,27+,28-/m0/s1. The lowest BCUT2D eigenvalue weighted by atomic mass is 9.42. The van der Waals surface area contributed by atoms with Crippen LogP contribution in [0.2, 0.25) is 0 Å². The van der Waals surface area contributed by atoms with Crippen LogP contribution in [0.25, 0.3) is 0 Å². The fourth-order valence-electron chi connectivity index (χ4n) is 9.34. The third kappa shape index (κ3) is 2.42. The van der Waals surface area contributed by atoms with Crippen LogP contribution in [0.5, 0.6) is 0 Å². The number of cyclic esters (lactones) is 1. The van der Waals surface area contributed by atoms with E-state index in [0.717, 1.165) is 12.0 Å². The first-order chi connectivity index (χ1) is 16.2. The minimum absolute atomic E-state index is 0.0654. The van der Waals surface area contributed by atoms with E-state index in [9.17, 15) is 24.9 Å². The molecule has 4 fully saturated rings. The van der Waals surface area contributed by atoms with Gasteiger partial charge in [-0.1, -0.05) is 18.6 Å². The normalized spacial score (nSPS) is 54.3. The lowest BCUT2D eigenvalue weighted by Gasteiger charge is -2.63. The molecule has 1 saturated heterocycles. The van der Waals surface area contributed by atoms with Crippen molar-refractivity contribution < 1.29 is 34.4 Å². The number of allylic oxidation sites excluding steroid dienone is 1. The van der Waals surface area contributed by atoms with Crippen molar-refractivity contribution in [3.05, 3.63) is 23.3 Å². The maximum absolute atomic E-state index is 13.3. The van der Waals surface area contributed by atoms with Gasteiger partial charge in [0.15, 0.2) is 5.78 Å². The lowest BCUT2D eigenvalue weighted by Crippen LogP contribution is -2.73. The Morgan fingerprint density at radius 2 is 1.80 bits per heavy atom. The first-order valence-corrected chi connectivity index (χ1v) is 13.1. The summed E-state index contributed by atoms with van der Waals surface area (Å²) in [5, 5.41) is 36.7. The molecule has 1 spiro atoms. The molecule has 3 saturated carbocycles. The number of hydrogen-bond acceptors (Lipinski definition) is 7. The van der Waals surface area contributed by atoms with Crippen LogP contribution in [0, 0.1) is 22.7 Å². The van der Waals surface area contributed by atoms with E-state index in [4.69, 9.17) is 9.47 Å². The molecule has 7 nitrogen and oxygen atoms in total. The Kier molecular flexibility index (Phi) is 4.53. The summed E-state index contributed by atoms with van der Waals surface area (Å²) in [4.78, 5) is 25.8. The number of esters is 1. The summed E-state index contributed by atoms with van der Waals surface area (Å²) >= 11 is 0. The summed E-state index contributed by atoms with van der Waals surface area (Å²) in [7, 11) is 0. The monoisotopic (exact) mass is 486 g/mol. The highest BCUT2D eigenvalue weighted by atomic mass is 16.6. The van der Waals surface area contributed by atoms with Crippen LogP contribution in [0.1, 0.15) is 79.6 Å². The highest BCUT2D eigenvalue weighted by molar-refractivity contribution is 5.97. The Labute approximate surface area is 206 Å². The van der Waals surface area contributed by atoms with Crippen molar-refractivity contribution >= 4 is 11.8 Å². The number of carbonyl (C=O) groups excluding carboxylic acids is 2. The molecule has 6 rings (SSSR count). The van der Waals surface area contributed by atoms with Crippen molar-refractivity contribution in [3.63, 3.8) is 0 Å². The first-order valence-electron chi connectivity index (χ1n) is 13.1. The Hall–Kier alpha value is -1.54. The second-order valence-corrected chi connectivity index (χ2v) is 12.9. The summed E-state index contributed by atoms with van der Waals surface area (Å²) in [6, 6.07) is 0. The zero-order valence-corrected chi connectivity index (χ0v) is 21.4. The molecule has 10 atom stereocenters. The number of carbonyl (C=O) groups is 2. The Balaban J connectivity index is 1.39. The quantitative estimate of drug-likeness (QED) is 0.406. The fourth-order valence-corrected chi connectivity index (χ4v) is 9.34. The second kappa shape index (κ2) is 6.66. The molecule has 0 aromatic heterocycles. The smallest absolute Gasteiger partial charge is 0.334 e. The number of hydrogen-bond donors (Lipinski definition) is 3. The minimum atomic E-state index is -1.77. The molecule has 0 aromatic carbocycles. The number of fused-ring (bicyclic) bond motifs is 4. The summed E-state index contributed by atoms with van der Waals surface area (Å²) in [5.41, 5.74) is -5.56. The van der Waals surface area contributed by atoms with Gasteiger partial charge in [0.25, 0.3) is 0 Å². The van der Waals surface area contributed by atoms with Gasteiger partial charge in [0.2, 0.25) is 0 Å². The Bertz CT molecular complexity index is 1090. The lowest BCUT2D eigenvalue weighted by molar-refractivity contribution is -0.282. The molecule has 0 unspecified atom stereocenters. The molecule has 0 amide bonds. The summed E-state index contributed by atoms with van der Waals surface area (Å²) in [6.45, 7) is 9.00. The summed E-state index contributed by atoms with van der Waals surface area (Å²) < 4.78 is 11.9. The molecule has 2 aliphatic heterocycles.